The molecule has 2 aromatic carbocycles. The van der Waals surface area contributed by atoms with E-state index in [0.29, 0.717) is 0 Å². The third kappa shape index (κ3) is 6.21. The summed E-state index contributed by atoms with van der Waals surface area (Å²) in [5.74, 6) is -1.89. The number of allylic oxidation sites excluding steroid dienone is 2. The minimum absolute atomic E-state index is 0.219. The number of benzene rings is 2. The molecule has 0 bridgehead atoms. The van der Waals surface area contributed by atoms with Crippen molar-refractivity contribution in [2.24, 2.45) is 5.92 Å². The molecule has 33 heavy (non-hydrogen) atoms. The molecule has 0 aromatic heterocycles. The second-order valence-electron chi connectivity index (χ2n) is 9.41. The van der Waals surface area contributed by atoms with Crippen molar-refractivity contribution in [2.45, 2.75) is 53.0 Å². The minimum Gasteiger partial charge on any atom is -0.465 e. The van der Waals surface area contributed by atoms with E-state index in [1.54, 1.807) is 14.0 Å². The summed E-state index contributed by atoms with van der Waals surface area (Å²) in [5.41, 5.74) is 1.03. The zero-order chi connectivity index (χ0) is 24.6. The van der Waals surface area contributed by atoms with Crippen LogP contribution >= 0.6 is 0 Å². The lowest BCUT2D eigenvalue weighted by Crippen LogP contribution is -2.69. The van der Waals surface area contributed by atoms with Gasteiger partial charge < -0.3 is 9.26 Å². The van der Waals surface area contributed by atoms with Crippen LogP contribution in [0.5, 0.6) is 0 Å². The molecule has 0 aliphatic carbocycles. The molecule has 1 amide bonds. The van der Waals surface area contributed by atoms with E-state index in [2.05, 4.69) is 45.0 Å². The summed E-state index contributed by atoms with van der Waals surface area (Å²) < 4.78 is 12.0. The number of esters is 1. The first kappa shape index (κ1) is 26.5. The molecular formula is C27H37NO4Si. The summed E-state index contributed by atoms with van der Waals surface area (Å²) in [5, 5.41) is 3.09. The Labute approximate surface area is 199 Å². The SMILES string of the molecule is CCOC(=O)C(CC=C(C)C)C(=O)N(C)O[Si](c1ccccc1)(c1ccccc1)C(C)(C)C. The van der Waals surface area contributed by atoms with Gasteiger partial charge in [-0.1, -0.05) is 93.1 Å². The Bertz CT molecular complexity index is 908. The average molecular weight is 468 g/mol. The second kappa shape index (κ2) is 11.4. The Morgan fingerprint density at radius 1 is 0.970 bits per heavy atom. The van der Waals surface area contributed by atoms with E-state index >= 15 is 0 Å². The molecular weight excluding hydrogens is 430 g/mol. The maximum atomic E-state index is 13.5. The normalized spacial score (nSPS) is 12.6. The molecule has 178 valence electrons. The molecule has 5 nitrogen and oxygen atoms in total. The van der Waals surface area contributed by atoms with E-state index in [4.69, 9.17) is 9.26 Å². The Kier molecular flexibility index (Phi) is 9.20. The highest BCUT2D eigenvalue weighted by Crippen LogP contribution is 2.37. The fraction of sp³-hybridized carbons (Fsp3) is 0.407. The molecule has 6 heteroatoms. The number of carbonyl (C=O) groups excluding carboxylic acids is 2. The number of amides is 1. The fourth-order valence-corrected chi connectivity index (χ4v) is 8.36. The van der Waals surface area contributed by atoms with Crippen molar-refractivity contribution in [1.82, 2.24) is 5.06 Å². The van der Waals surface area contributed by atoms with Gasteiger partial charge in [-0.2, -0.15) is 0 Å². The van der Waals surface area contributed by atoms with Crippen molar-refractivity contribution in [2.75, 3.05) is 13.7 Å². The Morgan fingerprint density at radius 3 is 1.85 bits per heavy atom. The Balaban J connectivity index is 2.56. The van der Waals surface area contributed by atoms with Crippen molar-refractivity contribution in [1.29, 1.82) is 0 Å². The summed E-state index contributed by atoms with van der Waals surface area (Å²) in [4.78, 5) is 26.2. The molecule has 0 aliphatic heterocycles. The van der Waals surface area contributed by atoms with Crippen LogP contribution in [-0.4, -0.2) is 38.9 Å². The van der Waals surface area contributed by atoms with E-state index in [9.17, 15) is 9.59 Å². The zero-order valence-corrected chi connectivity index (χ0v) is 21.9. The predicted molar refractivity (Wildman–Crippen MR) is 136 cm³/mol. The molecule has 0 radical (unpaired) electrons. The highest BCUT2D eigenvalue weighted by atomic mass is 28.4. The molecule has 1 unspecified atom stereocenters. The molecule has 0 aliphatic rings. The molecule has 0 fully saturated rings. The third-order valence-corrected chi connectivity index (χ3v) is 10.6. The molecule has 0 saturated heterocycles. The van der Waals surface area contributed by atoms with Crippen molar-refractivity contribution in [3.8, 4) is 0 Å². The van der Waals surface area contributed by atoms with Crippen LogP contribution in [0.1, 0.15) is 48.0 Å². The van der Waals surface area contributed by atoms with Crippen molar-refractivity contribution in [3.05, 3.63) is 72.3 Å². The molecule has 0 spiro atoms. The van der Waals surface area contributed by atoms with E-state index in [-0.39, 0.29) is 18.1 Å². The minimum atomic E-state index is -2.98. The lowest BCUT2D eigenvalue weighted by atomic mass is 10.0. The first-order chi connectivity index (χ1) is 15.5. The van der Waals surface area contributed by atoms with Gasteiger partial charge in [-0.15, -0.1) is 0 Å². The summed E-state index contributed by atoms with van der Waals surface area (Å²) in [6.45, 7) is 12.3. The summed E-state index contributed by atoms with van der Waals surface area (Å²) >= 11 is 0. The highest BCUT2D eigenvalue weighted by molar-refractivity contribution is 6.99. The van der Waals surface area contributed by atoms with E-state index in [1.165, 1.54) is 5.06 Å². The first-order valence-corrected chi connectivity index (χ1v) is 13.3. The van der Waals surface area contributed by atoms with Gasteiger partial charge >= 0.3 is 5.97 Å². The second-order valence-corrected chi connectivity index (χ2v) is 13.6. The van der Waals surface area contributed by atoms with Crippen LogP contribution in [0.2, 0.25) is 5.04 Å². The number of hydrogen-bond acceptors (Lipinski definition) is 4. The van der Waals surface area contributed by atoms with Crippen LogP contribution in [0.3, 0.4) is 0 Å². The molecule has 2 aromatic rings. The summed E-state index contributed by atoms with van der Waals surface area (Å²) in [7, 11) is -1.37. The van der Waals surface area contributed by atoms with Gasteiger partial charge in [-0.25, -0.2) is 5.06 Å². The monoisotopic (exact) mass is 467 g/mol. The number of ether oxygens (including phenoxy) is 1. The lowest BCUT2D eigenvalue weighted by Gasteiger charge is -2.44. The quantitative estimate of drug-likeness (QED) is 0.179. The lowest BCUT2D eigenvalue weighted by molar-refractivity contribution is -0.168. The van der Waals surface area contributed by atoms with Crippen molar-refractivity contribution >= 4 is 30.6 Å². The number of rotatable bonds is 9. The van der Waals surface area contributed by atoms with Gasteiger partial charge in [0.25, 0.3) is 14.2 Å². The van der Waals surface area contributed by atoms with Gasteiger partial charge in [0.2, 0.25) is 0 Å². The number of hydrogen-bond donors (Lipinski definition) is 0. The maximum absolute atomic E-state index is 13.5. The van der Waals surface area contributed by atoms with Gasteiger partial charge in [0, 0.05) is 7.05 Å². The topological polar surface area (TPSA) is 55.8 Å². The average Bonchev–Trinajstić information content (AvgIpc) is 2.77. The van der Waals surface area contributed by atoms with Crippen LogP contribution in [0, 0.1) is 5.92 Å². The van der Waals surface area contributed by atoms with E-state index < -0.39 is 26.1 Å². The van der Waals surface area contributed by atoms with Gasteiger partial charge in [0.15, 0.2) is 0 Å². The van der Waals surface area contributed by atoms with Crippen LogP contribution in [-0.2, 0) is 18.9 Å². The Morgan fingerprint density at radius 2 is 1.45 bits per heavy atom. The molecule has 2 rings (SSSR count). The standard InChI is InChI=1S/C27H37NO4Si/c1-8-31-26(30)24(20-19-21(2)3)25(29)28(7)32-33(27(4,5)6,22-15-11-9-12-16-22)23-17-13-10-14-18-23/h9-19,24H,8,20H2,1-7H3. The maximum Gasteiger partial charge on any atom is 0.318 e. The first-order valence-electron chi connectivity index (χ1n) is 11.4. The predicted octanol–water partition coefficient (Wildman–Crippen LogP) is 4.47. The molecule has 0 heterocycles. The molecule has 0 N–H and O–H groups in total. The van der Waals surface area contributed by atoms with Gasteiger partial charge in [0.1, 0.15) is 5.92 Å². The van der Waals surface area contributed by atoms with Crippen LogP contribution < -0.4 is 10.4 Å². The van der Waals surface area contributed by atoms with Crippen LogP contribution in [0.25, 0.3) is 0 Å². The number of nitrogens with zero attached hydrogens (tertiary/aromatic N) is 1. The van der Waals surface area contributed by atoms with Gasteiger partial charge in [0.05, 0.1) is 6.61 Å². The number of hydroxylamine groups is 2. The highest BCUT2D eigenvalue weighted by Gasteiger charge is 2.53. The number of carbonyl (C=O) groups is 2. The van der Waals surface area contributed by atoms with Crippen LogP contribution in [0.15, 0.2) is 72.3 Å². The van der Waals surface area contributed by atoms with E-state index in [1.807, 2.05) is 56.3 Å². The van der Waals surface area contributed by atoms with Crippen molar-refractivity contribution < 1.29 is 18.9 Å². The smallest absolute Gasteiger partial charge is 0.318 e. The fourth-order valence-electron chi connectivity index (χ4n) is 3.98. The zero-order valence-electron chi connectivity index (χ0n) is 20.9. The largest absolute Gasteiger partial charge is 0.465 e. The summed E-state index contributed by atoms with van der Waals surface area (Å²) in [6, 6.07) is 20.2. The Hall–Kier alpha value is -2.70. The van der Waals surface area contributed by atoms with Crippen LogP contribution in [0.4, 0.5) is 0 Å². The van der Waals surface area contributed by atoms with E-state index in [0.717, 1.165) is 15.9 Å². The molecule has 1 atom stereocenters. The van der Waals surface area contributed by atoms with Gasteiger partial charge in [-0.05, 0) is 42.6 Å². The van der Waals surface area contributed by atoms with Crippen molar-refractivity contribution in [3.63, 3.8) is 0 Å². The third-order valence-electron chi connectivity index (χ3n) is 5.63. The molecule has 0 saturated carbocycles. The van der Waals surface area contributed by atoms with Gasteiger partial charge in [-0.3, -0.25) is 9.59 Å². The summed E-state index contributed by atoms with van der Waals surface area (Å²) in [6.07, 6.45) is 2.16.